The summed E-state index contributed by atoms with van der Waals surface area (Å²) in [6.07, 6.45) is 1.04. The molecule has 1 aromatic carbocycles. The highest BCUT2D eigenvalue weighted by molar-refractivity contribution is 5.92. The smallest absolute Gasteiger partial charge is 0.324 e. The maximum Gasteiger partial charge on any atom is 0.324 e. The summed E-state index contributed by atoms with van der Waals surface area (Å²) in [5.74, 6) is 0.493. The van der Waals surface area contributed by atoms with E-state index < -0.39 is 0 Å². The Morgan fingerprint density at radius 3 is 2.71 bits per heavy atom. The van der Waals surface area contributed by atoms with Crippen LogP contribution in [0.15, 0.2) is 24.3 Å². The lowest BCUT2D eigenvalue weighted by Gasteiger charge is -2.33. The molecule has 1 fully saturated rings. The summed E-state index contributed by atoms with van der Waals surface area (Å²) in [5.41, 5.74) is 2.30. The van der Waals surface area contributed by atoms with Crippen molar-refractivity contribution in [1.29, 1.82) is 0 Å². The predicted molar refractivity (Wildman–Crippen MR) is 70.5 cm³/mol. The zero-order valence-electron chi connectivity index (χ0n) is 10.8. The van der Waals surface area contributed by atoms with Crippen LogP contribution in [-0.2, 0) is 0 Å². The van der Waals surface area contributed by atoms with Crippen molar-refractivity contribution >= 4 is 11.7 Å². The van der Waals surface area contributed by atoms with Crippen molar-refractivity contribution in [3.05, 3.63) is 29.8 Å². The normalized spacial score (nSPS) is 16.8. The molecule has 0 aromatic heterocycles. The van der Waals surface area contributed by atoms with E-state index in [2.05, 4.69) is 26.0 Å². The fourth-order valence-corrected chi connectivity index (χ4v) is 2.15. The molecule has 3 heteroatoms. The lowest BCUT2D eigenvalue weighted by atomic mass is 10.0. The highest BCUT2D eigenvalue weighted by Gasteiger charge is 2.23. The van der Waals surface area contributed by atoms with Crippen molar-refractivity contribution in [2.75, 3.05) is 25.0 Å². The minimum atomic E-state index is 0.108. The number of benzene rings is 1. The molecule has 3 nitrogen and oxygen atoms in total. The van der Waals surface area contributed by atoms with Gasteiger partial charge in [0.25, 0.3) is 0 Å². The van der Waals surface area contributed by atoms with Crippen LogP contribution < -0.4 is 4.90 Å². The summed E-state index contributed by atoms with van der Waals surface area (Å²) in [6.45, 7) is 6.02. The fraction of sp³-hybridized carbons (Fsp3) is 0.500. The van der Waals surface area contributed by atoms with Crippen molar-refractivity contribution < 1.29 is 4.79 Å². The van der Waals surface area contributed by atoms with Gasteiger partial charge < -0.3 is 4.90 Å². The molecule has 0 bridgehead atoms. The Balaban J connectivity index is 2.27. The minimum Gasteiger partial charge on any atom is -0.327 e. The first kappa shape index (κ1) is 12.0. The van der Waals surface area contributed by atoms with Crippen molar-refractivity contribution in [3.8, 4) is 0 Å². The lowest BCUT2D eigenvalue weighted by molar-refractivity contribution is 0.207. The standard InChI is InChI=1S/C14H20N2O/c1-11(2)12-6-4-7-13(10-12)16-9-5-8-15(3)14(16)17/h4,6-7,10-11H,5,8-9H2,1-3H3. The molecule has 1 saturated heterocycles. The van der Waals surface area contributed by atoms with Gasteiger partial charge >= 0.3 is 6.03 Å². The molecular formula is C14H20N2O. The van der Waals surface area contributed by atoms with Crippen LogP contribution in [0, 0.1) is 0 Å². The number of urea groups is 1. The van der Waals surface area contributed by atoms with Crippen LogP contribution in [0.4, 0.5) is 10.5 Å². The van der Waals surface area contributed by atoms with Gasteiger partial charge in [0.1, 0.15) is 0 Å². The van der Waals surface area contributed by atoms with E-state index in [4.69, 9.17) is 0 Å². The Bertz CT molecular complexity index is 414. The summed E-state index contributed by atoms with van der Waals surface area (Å²) < 4.78 is 0. The summed E-state index contributed by atoms with van der Waals surface area (Å²) in [6, 6.07) is 8.40. The van der Waals surface area contributed by atoms with Gasteiger partial charge in [-0.3, -0.25) is 4.90 Å². The average molecular weight is 232 g/mol. The Hall–Kier alpha value is -1.51. The van der Waals surface area contributed by atoms with Crippen molar-refractivity contribution in [2.45, 2.75) is 26.2 Å². The van der Waals surface area contributed by atoms with Crippen LogP contribution in [0.25, 0.3) is 0 Å². The quantitative estimate of drug-likeness (QED) is 0.768. The first-order valence-corrected chi connectivity index (χ1v) is 6.22. The zero-order chi connectivity index (χ0) is 12.4. The van der Waals surface area contributed by atoms with Gasteiger partial charge in [-0.2, -0.15) is 0 Å². The van der Waals surface area contributed by atoms with E-state index in [9.17, 15) is 4.79 Å². The third kappa shape index (κ3) is 2.43. The second-order valence-corrected chi connectivity index (χ2v) is 4.96. The molecule has 1 aliphatic rings. The van der Waals surface area contributed by atoms with E-state index in [0.29, 0.717) is 5.92 Å². The van der Waals surface area contributed by atoms with Gasteiger partial charge in [0.15, 0.2) is 0 Å². The third-order valence-corrected chi connectivity index (χ3v) is 3.28. The maximum absolute atomic E-state index is 12.1. The highest BCUT2D eigenvalue weighted by Crippen LogP contribution is 2.24. The molecule has 0 saturated carbocycles. The Morgan fingerprint density at radius 1 is 1.24 bits per heavy atom. The average Bonchev–Trinajstić information content (AvgIpc) is 2.33. The third-order valence-electron chi connectivity index (χ3n) is 3.28. The first-order valence-electron chi connectivity index (χ1n) is 6.22. The van der Waals surface area contributed by atoms with E-state index in [1.165, 1.54) is 5.56 Å². The van der Waals surface area contributed by atoms with E-state index in [-0.39, 0.29) is 6.03 Å². The van der Waals surface area contributed by atoms with E-state index in [1.54, 1.807) is 4.90 Å². The molecule has 92 valence electrons. The van der Waals surface area contributed by atoms with Crippen molar-refractivity contribution in [1.82, 2.24) is 4.90 Å². The monoisotopic (exact) mass is 232 g/mol. The van der Waals surface area contributed by atoms with Gasteiger partial charge in [0.05, 0.1) is 0 Å². The first-order chi connectivity index (χ1) is 8.09. The molecule has 2 amide bonds. The Morgan fingerprint density at radius 2 is 2.00 bits per heavy atom. The molecule has 0 radical (unpaired) electrons. The molecule has 1 aliphatic heterocycles. The SMILES string of the molecule is CC(C)c1cccc(N2CCCN(C)C2=O)c1. The number of hydrogen-bond donors (Lipinski definition) is 0. The highest BCUT2D eigenvalue weighted by atomic mass is 16.2. The summed E-state index contributed by atoms with van der Waals surface area (Å²) >= 11 is 0. The van der Waals surface area contributed by atoms with Gasteiger partial charge in [-0.15, -0.1) is 0 Å². The topological polar surface area (TPSA) is 23.6 Å². The van der Waals surface area contributed by atoms with Crippen LogP contribution in [0.2, 0.25) is 0 Å². The zero-order valence-corrected chi connectivity index (χ0v) is 10.8. The molecule has 0 aliphatic carbocycles. The second-order valence-electron chi connectivity index (χ2n) is 4.96. The molecule has 0 atom stereocenters. The minimum absolute atomic E-state index is 0.108. The molecule has 0 spiro atoms. The number of hydrogen-bond acceptors (Lipinski definition) is 1. The molecule has 1 aromatic rings. The van der Waals surface area contributed by atoms with Crippen LogP contribution in [0.5, 0.6) is 0 Å². The number of nitrogens with zero attached hydrogens (tertiary/aromatic N) is 2. The second kappa shape index (κ2) is 4.78. The maximum atomic E-state index is 12.1. The molecule has 1 heterocycles. The van der Waals surface area contributed by atoms with Crippen LogP contribution in [-0.4, -0.2) is 31.1 Å². The predicted octanol–water partition coefficient (Wildman–Crippen LogP) is 3.07. The summed E-state index contributed by atoms with van der Waals surface area (Å²) in [5, 5.41) is 0. The molecule has 2 rings (SSSR count). The van der Waals surface area contributed by atoms with Crippen molar-refractivity contribution in [2.24, 2.45) is 0 Å². The number of anilines is 1. The van der Waals surface area contributed by atoms with Gasteiger partial charge in [0.2, 0.25) is 0 Å². The lowest BCUT2D eigenvalue weighted by Crippen LogP contribution is -2.47. The molecule has 17 heavy (non-hydrogen) atoms. The fourth-order valence-electron chi connectivity index (χ4n) is 2.15. The van der Waals surface area contributed by atoms with E-state index >= 15 is 0 Å². The van der Waals surface area contributed by atoms with Gasteiger partial charge in [0, 0.05) is 25.8 Å². The van der Waals surface area contributed by atoms with Crippen molar-refractivity contribution in [3.63, 3.8) is 0 Å². The Kier molecular flexibility index (Phi) is 3.36. The number of rotatable bonds is 2. The number of carbonyl (C=O) groups excluding carboxylic acids is 1. The molecular weight excluding hydrogens is 212 g/mol. The van der Waals surface area contributed by atoms with Gasteiger partial charge in [-0.05, 0) is 30.0 Å². The molecule has 0 unspecified atom stereocenters. The van der Waals surface area contributed by atoms with E-state index in [0.717, 1.165) is 25.2 Å². The largest absolute Gasteiger partial charge is 0.327 e. The summed E-state index contributed by atoms with van der Waals surface area (Å²) in [4.78, 5) is 15.7. The van der Waals surface area contributed by atoms with Crippen LogP contribution in [0.3, 0.4) is 0 Å². The van der Waals surface area contributed by atoms with Crippen LogP contribution in [0.1, 0.15) is 31.7 Å². The van der Waals surface area contributed by atoms with Gasteiger partial charge in [-0.25, -0.2) is 4.79 Å². The number of carbonyl (C=O) groups is 1. The Labute approximate surface area is 103 Å². The van der Waals surface area contributed by atoms with Crippen LogP contribution >= 0.6 is 0 Å². The van der Waals surface area contributed by atoms with E-state index in [1.807, 2.05) is 24.1 Å². The van der Waals surface area contributed by atoms with Gasteiger partial charge in [-0.1, -0.05) is 26.0 Å². The number of amides is 2. The molecule has 0 N–H and O–H groups in total. The summed E-state index contributed by atoms with van der Waals surface area (Å²) in [7, 11) is 1.86.